The van der Waals surface area contributed by atoms with Gasteiger partial charge in [-0.2, -0.15) is 18.3 Å². The molecule has 2 rings (SSSR count). The van der Waals surface area contributed by atoms with E-state index in [-0.39, 0.29) is 0 Å². The van der Waals surface area contributed by atoms with Crippen LogP contribution in [0.3, 0.4) is 0 Å². The number of nitrogens with zero attached hydrogens (tertiary/aromatic N) is 2. The summed E-state index contributed by atoms with van der Waals surface area (Å²) in [7, 11) is 1.70. The molecule has 0 radical (unpaired) electrons. The predicted molar refractivity (Wildman–Crippen MR) is 63.4 cm³/mol. The van der Waals surface area contributed by atoms with Crippen molar-refractivity contribution in [2.75, 3.05) is 0 Å². The second kappa shape index (κ2) is 4.31. The molecule has 0 unspecified atom stereocenters. The molecule has 0 aliphatic carbocycles. The first kappa shape index (κ1) is 13.0. The van der Waals surface area contributed by atoms with Crippen LogP contribution in [-0.4, -0.2) is 9.78 Å². The first-order chi connectivity index (χ1) is 8.30. The summed E-state index contributed by atoms with van der Waals surface area (Å²) in [5.74, 6) is 0. The molecule has 0 amide bonds. The Morgan fingerprint density at radius 1 is 1.17 bits per heavy atom. The highest BCUT2D eigenvalue weighted by Crippen LogP contribution is 2.32. The van der Waals surface area contributed by atoms with Gasteiger partial charge in [-0.1, -0.05) is 23.7 Å². The number of hydrogen-bond donors (Lipinski definition) is 0. The Morgan fingerprint density at radius 2 is 1.72 bits per heavy atom. The van der Waals surface area contributed by atoms with Gasteiger partial charge in [0.05, 0.1) is 11.3 Å². The fraction of sp³-hybridized carbons (Fsp3) is 0.250. The van der Waals surface area contributed by atoms with Crippen molar-refractivity contribution in [1.29, 1.82) is 0 Å². The Labute approximate surface area is 107 Å². The maximum atomic E-state index is 12.4. The largest absolute Gasteiger partial charge is 0.416 e. The van der Waals surface area contributed by atoms with Crippen molar-refractivity contribution in [3.8, 4) is 11.3 Å². The number of hydrogen-bond acceptors (Lipinski definition) is 1. The molecule has 0 N–H and O–H groups in total. The summed E-state index contributed by atoms with van der Waals surface area (Å²) >= 11 is 5.88. The van der Waals surface area contributed by atoms with Crippen LogP contribution in [-0.2, 0) is 13.2 Å². The molecule has 6 heteroatoms. The lowest BCUT2D eigenvalue weighted by Crippen LogP contribution is -2.04. The molecule has 0 bridgehead atoms. The van der Waals surface area contributed by atoms with Crippen LogP contribution in [0.1, 0.15) is 11.1 Å². The second-order valence-electron chi connectivity index (χ2n) is 3.96. The fourth-order valence-corrected chi connectivity index (χ4v) is 2.02. The van der Waals surface area contributed by atoms with Crippen molar-refractivity contribution < 1.29 is 13.2 Å². The van der Waals surface area contributed by atoms with Gasteiger partial charge in [0.1, 0.15) is 0 Å². The van der Waals surface area contributed by atoms with E-state index in [4.69, 9.17) is 11.6 Å². The van der Waals surface area contributed by atoms with E-state index >= 15 is 0 Å². The van der Waals surface area contributed by atoms with Crippen LogP contribution in [0.15, 0.2) is 24.3 Å². The normalized spacial score (nSPS) is 11.9. The van der Waals surface area contributed by atoms with E-state index in [1.54, 1.807) is 18.7 Å². The molecule has 0 spiro atoms. The molecule has 0 fully saturated rings. The number of halogens is 4. The summed E-state index contributed by atoms with van der Waals surface area (Å²) in [6.45, 7) is 1.78. The molecule has 18 heavy (non-hydrogen) atoms. The smallest absolute Gasteiger partial charge is 0.266 e. The lowest BCUT2D eigenvalue weighted by atomic mass is 10.1. The summed E-state index contributed by atoms with van der Waals surface area (Å²) in [6, 6.07) is 4.94. The lowest BCUT2D eigenvalue weighted by molar-refractivity contribution is -0.137. The van der Waals surface area contributed by atoms with Crippen LogP contribution in [0.2, 0.25) is 5.15 Å². The van der Waals surface area contributed by atoms with Gasteiger partial charge in [-0.05, 0) is 19.1 Å². The molecule has 2 nitrogen and oxygen atoms in total. The van der Waals surface area contributed by atoms with Crippen LogP contribution in [0, 0.1) is 6.92 Å². The quantitative estimate of drug-likeness (QED) is 0.766. The van der Waals surface area contributed by atoms with Crippen molar-refractivity contribution in [2.24, 2.45) is 7.05 Å². The Kier molecular flexibility index (Phi) is 3.11. The van der Waals surface area contributed by atoms with E-state index in [0.717, 1.165) is 17.7 Å². The minimum Gasteiger partial charge on any atom is -0.266 e. The summed E-state index contributed by atoms with van der Waals surface area (Å²) in [5.41, 5.74) is 1.45. The Balaban J connectivity index is 2.47. The Morgan fingerprint density at radius 3 is 2.11 bits per heavy atom. The summed E-state index contributed by atoms with van der Waals surface area (Å²) < 4.78 is 38.9. The SMILES string of the molecule is Cc1c(Cl)nn(C)c1-c1ccc(C(F)(F)F)cc1. The van der Waals surface area contributed by atoms with Crippen molar-refractivity contribution in [3.05, 3.63) is 40.5 Å². The minimum atomic E-state index is -4.32. The molecule has 2 aromatic rings. The van der Waals surface area contributed by atoms with Gasteiger partial charge in [0.15, 0.2) is 5.15 Å². The van der Waals surface area contributed by atoms with Crippen LogP contribution < -0.4 is 0 Å². The highest BCUT2D eigenvalue weighted by Gasteiger charge is 2.30. The highest BCUT2D eigenvalue weighted by atomic mass is 35.5. The first-order valence-corrected chi connectivity index (χ1v) is 5.55. The van der Waals surface area contributed by atoms with E-state index in [2.05, 4.69) is 5.10 Å². The number of alkyl halides is 3. The third kappa shape index (κ3) is 2.22. The van der Waals surface area contributed by atoms with Crippen LogP contribution >= 0.6 is 11.6 Å². The van der Waals surface area contributed by atoms with Gasteiger partial charge in [0.25, 0.3) is 0 Å². The van der Waals surface area contributed by atoms with Gasteiger partial charge in [0.2, 0.25) is 0 Å². The summed E-state index contributed by atoms with van der Waals surface area (Å²) in [5, 5.41) is 4.37. The highest BCUT2D eigenvalue weighted by molar-refractivity contribution is 6.30. The molecule has 1 heterocycles. The van der Waals surface area contributed by atoms with E-state index in [0.29, 0.717) is 16.4 Å². The van der Waals surface area contributed by atoms with Gasteiger partial charge in [0, 0.05) is 18.2 Å². The zero-order valence-corrected chi connectivity index (χ0v) is 10.5. The molecule has 0 atom stereocenters. The topological polar surface area (TPSA) is 17.8 Å². The average Bonchev–Trinajstić information content (AvgIpc) is 2.52. The average molecular weight is 275 g/mol. The maximum Gasteiger partial charge on any atom is 0.416 e. The zero-order valence-electron chi connectivity index (χ0n) is 9.72. The van der Waals surface area contributed by atoms with E-state index in [1.165, 1.54) is 12.1 Å². The Bertz CT molecular complexity index is 570. The number of aryl methyl sites for hydroxylation is 1. The van der Waals surface area contributed by atoms with Crippen LogP contribution in [0.5, 0.6) is 0 Å². The van der Waals surface area contributed by atoms with Crippen LogP contribution in [0.4, 0.5) is 13.2 Å². The summed E-state index contributed by atoms with van der Waals surface area (Å²) in [6.07, 6.45) is -4.32. The zero-order chi connectivity index (χ0) is 13.5. The lowest BCUT2D eigenvalue weighted by Gasteiger charge is -2.08. The van der Waals surface area contributed by atoms with E-state index in [9.17, 15) is 13.2 Å². The third-order valence-electron chi connectivity index (χ3n) is 2.71. The molecular weight excluding hydrogens is 265 g/mol. The molecule has 1 aromatic heterocycles. The van der Waals surface area contributed by atoms with Crippen molar-refractivity contribution >= 4 is 11.6 Å². The number of rotatable bonds is 1. The third-order valence-corrected chi connectivity index (χ3v) is 3.07. The van der Waals surface area contributed by atoms with Gasteiger partial charge in [-0.25, -0.2) is 0 Å². The van der Waals surface area contributed by atoms with E-state index < -0.39 is 11.7 Å². The second-order valence-corrected chi connectivity index (χ2v) is 4.32. The minimum absolute atomic E-state index is 0.354. The molecule has 0 aliphatic rings. The van der Waals surface area contributed by atoms with Crippen molar-refractivity contribution in [3.63, 3.8) is 0 Å². The number of aromatic nitrogens is 2. The molecule has 96 valence electrons. The monoisotopic (exact) mass is 274 g/mol. The van der Waals surface area contributed by atoms with Crippen molar-refractivity contribution in [1.82, 2.24) is 9.78 Å². The number of benzene rings is 1. The van der Waals surface area contributed by atoms with Gasteiger partial charge >= 0.3 is 6.18 Å². The van der Waals surface area contributed by atoms with E-state index in [1.807, 2.05) is 0 Å². The molecular formula is C12H10ClF3N2. The fourth-order valence-electron chi connectivity index (χ4n) is 1.82. The molecule has 1 aromatic carbocycles. The predicted octanol–water partition coefficient (Wildman–Crippen LogP) is 4.07. The maximum absolute atomic E-state index is 12.4. The standard InChI is InChI=1S/C12H10ClF3N2/c1-7-10(18(2)17-11(7)13)8-3-5-9(6-4-8)12(14,15)16/h3-6H,1-2H3. The first-order valence-electron chi connectivity index (χ1n) is 5.17. The van der Waals surface area contributed by atoms with Crippen LogP contribution in [0.25, 0.3) is 11.3 Å². The van der Waals surface area contributed by atoms with Gasteiger partial charge in [-0.3, -0.25) is 4.68 Å². The molecule has 0 aliphatic heterocycles. The molecule has 0 saturated carbocycles. The molecule has 0 saturated heterocycles. The Hall–Kier alpha value is -1.49. The van der Waals surface area contributed by atoms with Gasteiger partial charge in [-0.15, -0.1) is 0 Å². The van der Waals surface area contributed by atoms with Gasteiger partial charge < -0.3 is 0 Å². The van der Waals surface area contributed by atoms with Crippen molar-refractivity contribution in [2.45, 2.75) is 13.1 Å². The summed E-state index contributed by atoms with van der Waals surface area (Å²) in [4.78, 5) is 0.